The first-order valence-corrected chi connectivity index (χ1v) is 8.84. The maximum absolute atomic E-state index is 10.5. The summed E-state index contributed by atoms with van der Waals surface area (Å²) in [7, 11) is 0. The Kier molecular flexibility index (Phi) is 5.98. The molecule has 0 bridgehead atoms. The van der Waals surface area contributed by atoms with Gasteiger partial charge < -0.3 is 0 Å². The summed E-state index contributed by atoms with van der Waals surface area (Å²) in [6, 6.07) is 0. The summed E-state index contributed by atoms with van der Waals surface area (Å²) in [5.41, 5.74) is 7.43. The first-order chi connectivity index (χ1) is 10.9. The van der Waals surface area contributed by atoms with Crippen molar-refractivity contribution in [3.8, 4) is 0 Å². The minimum Gasteiger partial charge on any atom is -0.299 e. The van der Waals surface area contributed by atoms with Gasteiger partial charge in [0.2, 0.25) is 0 Å². The molecule has 0 saturated heterocycles. The topological polar surface area (TPSA) is 17.1 Å². The van der Waals surface area contributed by atoms with E-state index in [0.717, 1.165) is 11.9 Å². The molecule has 0 radical (unpaired) electrons. The Morgan fingerprint density at radius 2 is 1.83 bits per heavy atom. The predicted octanol–water partition coefficient (Wildman–Crippen LogP) is 6.25. The van der Waals surface area contributed by atoms with E-state index < -0.39 is 0 Å². The highest BCUT2D eigenvalue weighted by Gasteiger charge is 2.29. The lowest BCUT2D eigenvalue weighted by atomic mass is 9.71. The Labute approximate surface area is 141 Å². The summed E-state index contributed by atoms with van der Waals surface area (Å²) in [5.74, 6) is 0. The highest BCUT2D eigenvalue weighted by molar-refractivity contribution is 5.67. The monoisotopic (exact) mass is 310 g/mol. The van der Waals surface area contributed by atoms with Crippen LogP contribution in [0.5, 0.6) is 0 Å². The van der Waals surface area contributed by atoms with Gasteiger partial charge in [-0.25, -0.2) is 0 Å². The van der Waals surface area contributed by atoms with Gasteiger partial charge in [0.1, 0.15) is 6.29 Å². The van der Waals surface area contributed by atoms with Gasteiger partial charge in [0.25, 0.3) is 0 Å². The van der Waals surface area contributed by atoms with E-state index in [9.17, 15) is 4.79 Å². The Hall–Kier alpha value is -1.63. The number of allylic oxidation sites excluding steroid dienone is 10. The number of hydrogen-bond acceptors (Lipinski definition) is 1. The molecule has 2 aliphatic carbocycles. The van der Waals surface area contributed by atoms with Gasteiger partial charge in [-0.3, -0.25) is 4.79 Å². The molecular weight excluding hydrogens is 280 g/mol. The molecule has 0 atom stereocenters. The lowest BCUT2D eigenvalue weighted by Gasteiger charge is -2.33. The van der Waals surface area contributed by atoms with Gasteiger partial charge in [-0.2, -0.15) is 0 Å². The van der Waals surface area contributed by atoms with Crippen molar-refractivity contribution in [3.63, 3.8) is 0 Å². The van der Waals surface area contributed by atoms with Gasteiger partial charge >= 0.3 is 0 Å². The molecule has 0 amide bonds. The minimum absolute atomic E-state index is 0.322. The van der Waals surface area contributed by atoms with Crippen LogP contribution in [0.4, 0.5) is 0 Å². The van der Waals surface area contributed by atoms with E-state index in [1.54, 1.807) is 17.2 Å². The third-order valence-electron chi connectivity index (χ3n) is 5.18. The van der Waals surface area contributed by atoms with Gasteiger partial charge in [-0.15, -0.1) is 0 Å². The van der Waals surface area contributed by atoms with Crippen molar-refractivity contribution in [1.82, 2.24) is 0 Å². The number of carbonyl (C=O) groups is 1. The summed E-state index contributed by atoms with van der Waals surface area (Å²) in [6.07, 6.45) is 18.8. The van der Waals surface area contributed by atoms with Crippen LogP contribution in [0, 0.1) is 5.41 Å². The standard InChI is InChI=1S/C22H30O/c1-17(13-15-23)8-5-9-18(2)20-11-6-10-19-12-7-14-22(3,4)21(19)16-20/h5,8-9,13,15-16H,6-7,10-12,14H2,1-4H3/b8-5+,17-13+,18-9+. The fourth-order valence-corrected chi connectivity index (χ4v) is 3.71. The van der Waals surface area contributed by atoms with Crippen LogP contribution in [0.15, 0.2) is 58.2 Å². The molecule has 0 N–H and O–H groups in total. The summed E-state index contributed by atoms with van der Waals surface area (Å²) in [6.45, 7) is 8.94. The molecule has 0 aromatic heterocycles. The average Bonchev–Trinajstić information content (AvgIpc) is 2.70. The largest absolute Gasteiger partial charge is 0.299 e. The van der Waals surface area contributed by atoms with E-state index in [4.69, 9.17) is 0 Å². The van der Waals surface area contributed by atoms with Crippen LogP contribution in [0.25, 0.3) is 0 Å². The van der Waals surface area contributed by atoms with Crippen molar-refractivity contribution < 1.29 is 4.79 Å². The zero-order valence-corrected chi connectivity index (χ0v) is 15.1. The molecule has 1 nitrogen and oxygen atoms in total. The molecule has 0 aromatic carbocycles. The normalized spacial score (nSPS) is 22.7. The molecule has 0 aromatic rings. The maximum atomic E-state index is 10.5. The summed E-state index contributed by atoms with van der Waals surface area (Å²) in [4.78, 5) is 10.5. The van der Waals surface area contributed by atoms with E-state index in [-0.39, 0.29) is 0 Å². The highest BCUT2D eigenvalue weighted by Crippen LogP contribution is 2.45. The lowest BCUT2D eigenvalue weighted by Crippen LogP contribution is -2.19. The molecule has 2 aliphatic rings. The van der Waals surface area contributed by atoms with E-state index in [0.29, 0.717) is 5.41 Å². The molecule has 0 spiro atoms. The fraction of sp³-hybridized carbons (Fsp3) is 0.500. The van der Waals surface area contributed by atoms with Gasteiger partial charge in [-0.1, -0.05) is 43.7 Å². The summed E-state index contributed by atoms with van der Waals surface area (Å²) < 4.78 is 0. The van der Waals surface area contributed by atoms with Gasteiger partial charge in [0, 0.05) is 0 Å². The summed E-state index contributed by atoms with van der Waals surface area (Å²) >= 11 is 0. The number of hydrogen-bond donors (Lipinski definition) is 0. The third-order valence-corrected chi connectivity index (χ3v) is 5.18. The van der Waals surface area contributed by atoms with Crippen molar-refractivity contribution in [2.24, 2.45) is 5.41 Å². The number of aldehydes is 1. The van der Waals surface area contributed by atoms with Crippen molar-refractivity contribution in [2.75, 3.05) is 0 Å². The van der Waals surface area contributed by atoms with Crippen LogP contribution in [-0.2, 0) is 4.79 Å². The second-order valence-electron chi connectivity index (χ2n) is 7.53. The zero-order valence-electron chi connectivity index (χ0n) is 15.1. The molecular formula is C22H30O. The number of carbonyl (C=O) groups excluding carboxylic acids is 1. The Morgan fingerprint density at radius 3 is 2.57 bits per heavy atom. The molecule has 0 fully saturated rings. The second kappa shape index (κ2) is 7.77. The number of rotatable bonds is 4. The Bertz CT molecular complexity index is 606. The first kappa shape index (κ1) is 17.7. The quantitative estimate of drug-likeness (QED) is 0.341. The van der Waals surface area contributed by atoms with E-state index in [1.165, 1.54) is 49.7 Å². The smallest absolute Gasteiger partial charge is 0.143 e. The van der Waals surface area contributed by atoms with Crippen LogP contribution in [0.1, 0.15) is 66.2 Å². The van der Waals surface area contributed by atoms with E-state index >= 15 is 0 Å². The average molecular weight is 310 g/mol. The Balaban J connectivity index is 2.25. The van der Waals surface area contributed by atoms with Gasteiger partial charge in [0.15, 0.2) is 0 Å². The fourth-order valence-electron chi connectivity index (χ4n) is 3.71. The molecule has 0 saturated carbocycles. The van der Waals surface area contributed by atoms with Crippen molar-refractivity contribution >= 4 is 6.29 Å². The highest BCUT2D eigenvalue weighted by atomic mass is 16.1. The minimum atomic E-state index is 0.322. The van der Waals surface area contributed by atoms with Crippen LogP contribution in [0.3, 0.4) is 0 Å². The maximum Gasteiger partial charge on any atom is 0.143 e. The third kappa shape index (κ3) is 4.67. The van der Waals surface area contributed by atoms with Crippen LogP contribution >= 0.6 is 0 Å². The molecule has 23 heavy (non-hydrogen) atoms. The molecule has 0 aliphatic heterocycles. The predicted molar refractivity (Wildman–Crippen MR) is 99.3 cm³/mol. The second-order valence-corrected chi connectivity index (χ2v) is 7.53. The van der Waals surface area contributed by atoms with Crippen LogP contribution in [0.2, 0.25) is 0 Å². The molecule has 0 heterocycles. The Morgan fingerprint density at radius 1 is 1.09 bits per heavy atom. The van der Waals surface area contributed by atoms with Crippen molar-refractivity contribution in [1.29, 1.82) is 0 Å². The molecule has 124 valence electrons. The molecule has 1 heteroatoms. The van der Waals surface area contributed by atoms with Crippen molar-refractivity contribution in [2.45, 2.75) is 66.2 Å². The molecule has 2 rings (SSSR count). The lowest BCUT2D eigenvalue weighted by molar-refractivity contribution is -0.104. The van der Waals surface area contributed by atoms with E-state index in [2.05, 4.69) is 39.0 Å². The van der Waals surface area contributed by atoms with Gasteiger partial charge in [-0.05, 0) is 86.2 Å². The van der Waals surface area contributed by atoms with E-state index in [1.807, 2.05) is 13.0 Å². The molecule has 0 unspecified atom stereocenters. The summed E-state index contributed by atoms with van der Waals surface area (Å²) in [5, 5.41) is 0. The van der Waals surface area contributed by atoms with Crippen LogP contribution < -0.4 is 0 Å². The first-order valence-electron chi connectivity index (χ1n) is 8.84. The zero-order chi connectivity index (χ0) is 16.9. The van der Waals surface area contributed by atoms with Crippen LogP contribution in [-0.4, -0.2) is 6.29 Å². The van der Waals surface area contributed by atoms with Gasteiger partial charge in [0.05, 0.1) is 0 Å². The SMILES string of the molecule is CC(/C=C/C=C(\C)C1=CC2=C(CCC1)CCCC2(C)C)=C\C=O. The van der Waals surface area contributed by atoms with Crippen molar-refractivity contribution in [3.05, 3.63) is 58.2 Å².